The van der Waals surface area contributed by atoms with Gasteiger partial charge in [-0.1, -0.05) is 54.3 Å². The van der Waals surface area contributed by atoms with E-state index in [0.29, 0.717) is 10.5 Å². The van der Waals surface area contributed by atoms with Gasteiger partial charge < -0.3 is 5.11 Å². The van der Waals surface area contributed by atoms with Gasteiger partial charge in [-0.05, 0) is 29.3 Å². The molecule has 3 rings (SSSR count). The largest absolute Gasteiger partial charge is 0.479 e. The minimum absolute atomic E-state index is 0.233. The molecule has 0 bridgehead atoms. The molecule has 1 amide bonds. The molecule has 1 aliphatic rings. The number of rotatable bonds is 4. The summed E-state index contributed by atoms with van der Waals surface area (Å²) in [7, 11) is 0. The average molecular weight is 356 g/mol. The Morgan fingerprint density at radius 3 is 2.50 bits per heavy atom. The van der Waals surface area contributed by atoms with Crippen molar-refractivity contribution in [1.29, 1.82) is 0 Å². The van der Waals surface area contributed by atoms with E-state index in [0.717, 1.165) is 22.2 Å². The van der Waals surface area contributed by atoms with Gasteiger partial charge in [-0.2, -0.15) is 0 Å². The molecule has 1 aromatic heterocycles. The zero-order valence-electron chi connectivity index (χ0n) is 12.3. The first-order valence-corrected chi connectivity index (χ1v) is 8.25. The van der Waals surface area contributed by atoms with Gasteiger partial charge in [-0.15, -0.1) is 0 Å². The molecule has 1 N–H and O–H groups in total. The summed E-state index contributed by atoms with van der Waals surface area (Å²) in [5.74, 6) is -1.53. The molecule has 24 heavy (non-hydrogen) atoms. The molecule has 0 radical (unpaired) electrons. The summed E-state index contributed by atoms with van der Waals surface area (Å²) >= 11 is 6.36. The van der Waals surface area contributed by atoms with E-state index in [1.807, 2.05) is 0 Å². The number of hydrogen-bond donors (Lipinski definition) is 1. The third-order valence-electron chi connectivity index (χ3n) is 3.43. The number of carbonyl (C=O) groups excluding carboxylic acids is 1. The Morgan fingerprint density at radius 1 is 1.21 bits per heavy atom. The first-order chi connectivity index (χ1) is 11.6. The number of pyridine rings is 1. The number of amides is 1. The molecule has 1 aromatic carbocycles. The summed E-state index contributed by atoms with van der Waals surface area (Å²) in [6, 6.07) is 11.0. The van der Waals surface area contributed by atoms with E-state index in [4.69, 9.17) is 12.2 Å². The zero-order valence-corrected chi connectivity index (χ0v) is 14.0. The Bertz CT molecular complexity index is 822. The van der Waals surface area contributed by atoms with Crippen molar-refractivity contribution < 1.29 is 14.7 Å². The number of aromatic nitrogens is 1. The normalized spacial score (nSPS) is 17.3. The molecule has 1 fully saturated rings. The quantitative estimate of drug-likeness (QED) is 0.670. The fourth-order valence-corrected chi connectivity index (χ4v) is 3.66. The molecular formula is C17H12N2O3S2. The van der Waals surface area contributed by atoms with Crippen LogP contribution < -0.4 is 0 Å². The highest BCUT2D eigenvalue weighted by Gasteiger charge is 2.41. The van der Waals surface area contributed by atoms with E-state index in [1.165, 1.54) is 0 Å². The monoisotopic (exact) mass is 356 g/mol. The second-order valence-electron chi connectivity index (χ2n) is 4.98. The van der Waals surface area contributed by atoms with Gasteiger partial charge in [0.2, 0.25) is 0 Å². The fraction of sp³-hybridized carbons (Fsp3) is 0.0588. The minimum Gasteiger partial charge on any atom is -0.479 e. The van der Waals surface area contributed by atoms with Crippen LogP contribution in [0.5, 0.6) is 0 Å². The number of thiocarbonyl (C=S) groups is 1. The SMILES string of the molecule is O=C(O)C(c1ccccc1)N1C(=O)/C(=C/c2ccncc2)SC1=S. The number of nitrogens with zero attached hydrogens (tertiary/aromatic N) is 2. The molecule has 2 heterocycles. The molecule has 7 heteroatoms. The second kappa shape index (κ2) is 6.94. The van der Waals surface area contributed by atoms with Crippen molar-refractivity contribution in [2.45, 2.75) is 6.04 Å². The molecule has 1 unspecified atom stereocenters. The summed E-state index contributed by atoms with van der Waals surface area (Å²) in [4.78, 5) is 29.9. The van der Waals surface area contributed by atoms with Crippen molar-refractivity contribution in [1.82, 2.24) is 9.88 Å². The number of thioether (sulfide) groups is 1. The van der Waals surface area contributed by atoms with Gasteiger partial charge in [0.1, 0.15) is 4.32 Å². The van der Waals surface area contributed by atoms with Crippen molar-refractivity contribution in [3.63, 3.8) is 0 Å². The Balaban J connectivity index is 1.96. The predicted octanol–water partition coefficient (Wildman–Crippen LogP) is 3.11. The fourth-order valence-electron chi connectivity index (χ4n) is 2.35. The van der Waals surface area contributed by atoms with Gasteiger partial charge in [0.25, 0.3) is 5.91 Å². The summed E-state index contributed by atoms with van der Waals surface area (Å²) in [5, 5.41) is 9.61. The standard InChI is InChI=1S/C17H12N2O3S2/c20-15-13(10-11-6-8-18-9-7-11)24-17(23)19(15)14(16(21)22)12-4-2-1-3-5-12/h1-10,14H,(H,21,22)/b13-10-. The molecular weight excluding hydrogens is 344 g/mol. The molecule has 1 saturated heterocycles. The number of carboxylic acids is 1. The van der Waals surface area contributed by atoms with Crippen LogP contribution >= 0.6 is 24.0 Å². The second-order valence-corrected chi connectivity index (χ2v) is 6.66. The molecule has 1 aliphatic heterocycles. The molecule has 0 aliphatic carbocycles. The van der Waals surface area contributed by atoms with Gasteiger partial charge in [0.05, 0.1) is 4.91 Å². The van der Waals surface area contributed by atoms with Crippen molar-refractivity contribution in [3.8, 4) is 0 Å². The van der Waals surface area contributed by atoms with E-state index in [2.05, 4.69) is 4.98 Å². The van der Waals surface area contributed by atoms with Crippen molar-refractivity contribution in [3.05, 3.63) is 70.9 Å². The number of aliphatic carboxylic acids is 1. The van der Waals surface area contributed by atoms with Gasteiger partial charge in [-0.25, -0.2) is 4.79 Å². The van der Waals surface area contributed by atoms with E-state index < -0.39 is 17.9 Å². The van der Waals surface area contributed by atoms with E-state index in [9.17, 15) is 14.7 Å². The Morgan fingerprint density at radius 2 is 1.88 bits per heavy atom. The lowest BCUT2D eigenvalue weighted by atomic mass is 10.1. The highest BCUT2D eigenvalue weighted by molar-refractivity contribution is 8.26. The Hall–Kier alpha value is -2.51. The summed E-state index contributed by atoms with van der Waals surface area (Å²) in [6.45, 7) is 0. The topological polar surface area (TPSA) is 70.5 Å². The first-order valence-electron chi connectivity index (χ1n) is 7.03. The van der Waals surface area contributed by atoms with Crippen LogP contribution in [0.15, 0.2) is 59.8 Å². The third-order valence-corrected chi connectivity index (χ3v) is 4.77. The maximum absolute atomic E-state index is 12.7. The van der Waals surface area contributed by atoms with Gasteiger partial charge in [0.15, 0.2) is 6.04 Å². The number of hydrogen-bond acceptors (Lipinski definition) is 5. The predicted molar refractivity (Wildman–Crippen MR) is 96.1 cm³/mol. The highest BCUT2D eigenvalue weighted by atomic mass is 32.2. The van der Waals surface area contributed by atoms with Crippen LogP contribution in [0.2, 0.25) is 0 Å². The average Bonchev–Trinajstić information content (AvgIpc) is 2.85. The molecule has 120 valence electrons. The highest BCUT2D eigenvalue weighted by Crippen LogP contribution is 2.38. The Kier molecular flexibility index (Phi) is 4.73. The van der Waals surface area contributed by atoms with E-state index >= 15 is 0 Å². The maximum atomic E-state index is 12.7. The van der Waals surface area contributed by atoms with Crippen molar-refractivity contribution in [2.24, 2.45) is 0 Å². The van der Waals surface area contributed by atoms with Crippen molar-refractivity contribution >= 4 is 46.3 Å². The lowest BCUT2D eigenvalue weighted by Crippen LogP contribution is -2.37. The van der Waals surface area contributed by atoms with Crippen LogP contribution in [-0.4, -0.2) is 31.2 Å². The van der Waals surface area contributed by atoms with Crippen LogP contribution in [0.25, 0.3) is 6.08 Å². The number of benzene rings is 1. The first kappa shape index (κ1) is 16.4. The van der Waals surface area contributed by atoms with Crippen LogP contribution in [0.3, 0.4) is 0 Å². The minimum atomic E-state index is -1.14. The maximum Gasteiger partial charge on any atom is 0.331 e. The van der Waals surface area contributed by atoms with Gasteiger partial charge >= 0.3 is 5.97 Å². The zero-order chi connectivity index (χ0) is 17.1. The van der Waals surface area contributed by atoms with Gasteiger partial charge in [0, 0.05) is 12.4 Å². The number of carboxylic acid groups (broad SMARTS) is 1. The molecule has 1 atom stereocenters. The van der Waals surface area contributed by atoms with Crippen molar-refractivity contribution in [2.75, 3.05) is 0 Å². The lowest BCUT2D eigenvalue weighted by Gasteiger charge is -2.23. The summed E-state index contributed by atoms with van der Waals surface area (Å²) < 4.78 is 0.233. The van der Waals surface area contributed by atoms with Crippen LogP contribution in [0.4, 0.5) is 0 Å². The molecule has 0 saturated carbocycles. The van der Waals surface area contributed by atoms with Crippen LogP contribution in [0.1, 0.15) is 17.2 Å². The molecule has 0 spiro atoms. The van der Waals surface area contributed by atoms with E-state index in [-0.39, 0.29) is 4.32 Å². The van der Waals surface area contributed by atoms with Crippen LogP contribution in [0, 0.1) is 0 Å². The smallest absolute Gasteiger partial charge is 0.331 e. The Labute approximate surface area is 148 Å². The number of carbonyl (C=O) groups is 2. The summed E-state index contributed by atoms with van der Waals surface area (Å²) in [5.41, 5.74) is 1.31. The van der Waals surface area contributed by atoms with Gasteiger partial charge in [-0.3, -0.25) is 14.7 Å². The third kappa shape index (κ3) is 3.22. The van der Waals surface area contributed by atoms with Crippen LogP contribution in [-0.2, 0) is 9.59 Å². The molecule has 5 nitrogen and oxygen atoms in total. The molecule has 2 aromatic rings. The van der Waals surface area contributed by atoms with E-state index in [1.54, 1.807) is 60.9 Å². The summed E-state index contributed by atoms with van der Waals surface area (Å²) in [6.07, 6.45) is 4.93. The lowest BCUT2D eigenvalue weighted by molar-refractivity contribution is -0.145.